The predicted molar refractivity (Wildman–Crippen MR) is 179 cm³/mol. The van der Waals surface area contributed by atoms with Crippen LogP contribution < -0.4 is 11.1 Å². The maximum atomic E-state index is 13.6. The smallest absolute Gasteiger partial charge is 0.340 e. The number of sulfone groups is 1. The molecule has 0 aliphatic carbocycles. The molecule has 1 fully saturated rings. The van der Waals surface area contributed by atoms with Gasteiger partial charge in [-0.2, -0.15) is 0 Å². The standard InChI is InChI=1S/C35H43ClN2O8S/c1-5-43-33(39)28-22-27(16-17-29(28)37)47(41,42)26-14-12-23(13-15-26)18-19-38-31(34(40)46-35(2,3)4)32(24-9-8-10-25(36)21-24)45-30-11-6-7-20-44-30/h8-10,12-17,21-22,30-32,38H,5-7,11,18-20,37H2,1-4H3/t30?,31?,32-/m1/s1. The first-order valence-corrected chi connectivity index (χ1v) is 17.5. The van der Waals surface area contributed by atoms with E-state index in [1.54, 1.807) is 58.0 Å². The molecule has 10 nitrogen and oxygen atoms in total. The Hall–Kier alpha value is -3.48. The second-order valence-corrected chi connectivity index (χ2v) is 14.6. The van der Waals surface area contributed by atoms with Gasteiger partial charge in [-0.1, -0.05) is 35.9 Å². The molecule has 2 unspecified atom stereocenters. The number of nitrogens with two attached hydrogens (primary N) is 1. The van der Waals surface area contributed by atoms with Crippen LogP contribution in [-0.4, -0.2) is 58.0 Å². The van der Waals surface area contributed by atoms with Crippen molar-refractivity contribution < 1.29 is 37.0 Å². The maximum Gasteiger partial charge on any atom is 0.340 e. The van der Waals surface area contributed by atoms with Gasteiger partial charge in [0.15, 0.2) is 6.29 Å². The fourth-order valence-electron chi connectivity index (χ4n) is 5.13. The number of anilines is 1. The number of rotatable bonds is 13. The SMILES string of the molecule is CCOC(=O)c1cc(S(=O)(=O)c2ccc(CCNC(C(=O)OC(C)(C)C)[C@H](OC3CCCCO3)c3cccc(Cl)c3)cc2)ccc1N. The van der Waals surface area contributed by atoms with Gasteiger partial charge in [-0.25, -0.2) is 13.2 Å². The Balaban J connectivity index is 1.52. The summed E-state index contributed by atoms with van der Waals surface area (Å²) >= 11 is 6.34. The second kappa shape index (κ2) is 16.1. The van der Waals surface area contributed by atoms with E-state index in [-0.39, 0.29) is 27.6 Å². The van der Waals surface area contributed by atoms with E-state index in [2.05, 4.69) is 5.32 Å². The van der Waals surface area contributed by atoms with Crippen molar-refractivity contribution in [3.63, 3.8) is 0 Å². The third-order valence-corrected chi connectivity index (χ3v) is 9.42. The minimum atomic E-state index is -3.94. The van der Waals surface area contributed by atoms with Crippen LogP contribution in [0, 0.1) is 0 Å². The largest absolute Gasteiger partial charge is 0.462 e. The van der Waals surface area contributed by atoms with Crippen molar-refractivity contribution in [1.29, 1.82) is 0 Å². The molecule has 3 aromatic rings. The van der Waals surface area contributed by atoms with Crippen LogP contribution in [0.15, 0.2) is 76.5 Å². The van der Waals surface area contributed by atoms with Gasteiger partial charge >= 0.3 is 11.9 Å². The van der Waals surface area contributed by atoms with Gasteiger partial charge in [-0.05, 0) is 107 Å². The number of carbonyl (C=O) groups is 2. The molecule has 1 aliphatic rings. The molecule has 47 heavy (non-hydrogen) atoms. The molecule has 3 atom stereocenters. The van der Waals surface area contributed by atoms with Crippen LogP contribution in [0.25, 0.3) is 0 Å². The number of hydrogen-bond donors (Lipinski definition) is 2. The van der Waals surface area contributed by atoms with Gasteiger partial charge in [0.05, 0.1) is 22.0 Å². The molecule has 3 aromatic carbocycles. The van der Waals surface area contributed by atoms with E-state index < -0.39 is 45.8 Å². The Labute approximate surface area is 281 Å². The van der Waals surface area contributed by atoms with Gasteiger partial charge in [-0.3, -0.25) is 4.79 Å². The summed E-state index contributed by atoms with van der Waals surface area (Å²) in [5.74, 6) is -1.17. The first-order chi connectivity index (χ1) is 22.3. The van der Waals surface area contributed by atoms with Crippen molar-refractivity contribution in [3.8, 4) is 0 Å². The van der Waals surface area contributed by atoms with E-state index in [1.165, 1.54) is 30.3 Å². The number of nitrogens with one attached hydrogen (secondary N) is 1. The monoisotopic (exact) mass is 686 g/mol. The molecule has 0 aromatic heterocycles. The van der Waals surface area contributed by atoms with Gasteiger partial charge in [0.25, 0.3) is 0 Å². The minimum Gasteiger partial charge on any atom is -0.462 e. The highest BCUT2D eigenvalue weighted by Gasteiger charge is 2.36. The molecular formula is C35H43ClN2O8S. The minimum absolute atomic E-state index is 0.00901. The van der Waals surface area contributed by atoms with Crippen molar-refractivity contribution >= 4 is 39.1 Å². The molecular weight excluding hydrogens is 644 g/mol. The maximum absolute atomic E-state index is 13.6. The fraction of sp³-hybridized carbons (Fsp3) is 0.429. The molecule has 0 amide bonds. The lowest BCUT2D eigenvalue weighted by molar-refractivity contribution is -0.202. The van der Waals surface area contributed by atoms with Gasteiger partial charge in [0.2, 0.25) is 9.84 Å². The topological polar surface area (TPSA) is 143 Å². The van der Waals surface area contributed by atoms with Crippen molar-refractivity contribution in [3.05, 3.63) is 88.4 Å². The molecule has 254 valence electrons. The first kappa shape index (κ1) is 36.4. The van der Waals surface area contributed by atoms with Crippen LogP contribution in [-0.2, 0) is 40.0 Å². The summed E-state index contributed by atoms with van der Waals surface area (Å²) in [7, 11) is -3.94. The summed E-state index contributed by atoms with van der Waals surface area (Å²) in [6.45, 7) is 8.13. The van der Waals surface area contributed by atoms with Crippen molar-refractivity contribution in [2.24, 2.45) is 0 Å². The lowest BCUT2D eigenvalue weighted by Crippen LogP contribution is -2.47. The molecule has 0 spiro atoms. The van der Waals surface area contributed by atoms with E-state index >= 15 is 0 Å². The Bertz CT molecular complexity index is 1630. The third-order valence-electron chi connectivity index (χ3n) is 7.42. The zero-order valence-corrected chi connectivity index (χ0v) is 28.7. The van der Waals surface area contributed by atoms with Crippen LogP contribution in [0.1, 0.15) is 74.5 Å². The lowest BCUT2D eigenvalue weighted by atomic mass is 10.0. The van der Waals surface area contributed by atoms with E-state index in [1.807, 2.05) is 6.07 Å². The van der Waals surface area contributed by atoms with E-state index in [0.717, 1.165) is 18.4 Å². The van der Waals surface area contributed by atoms with Crippen molar-refractivity contribution in [2.45, 2.75) is 87.2 Å². The first-order valence-electron chi connectivity index (χ1n) is 15.7. The van der Waals surface area contributed by atoms with Gasteiger partial charge in [-0.15, -0.1) is 0 Å². The van der Waals surface area contributed by atoms with E-state index in [9.17, 15) is 18.0 Å². The molecule has 4 rings (SSSR count). The van der Waals surface area contributed by atoms with E-state index in [4.69, 9.17) is 36.3 Å². The number of carbonyl (C=O) groups excluding carboxylic acids is 2. The Morgan fingerprint density at radius 1 is 1.04 bits per heavy atom. The molecule has 12 heteroatoms. The molecule has 1 saturated heterocycles. The third kappa shape index (κ3) is 10.0. The highest BCUT2D eigenvalue weighted by molar-refractivity contribution is 7.91. The zero-order chi connectivity index (χ0) is 34.2. The quantitative estimate of drug-likeness (QED) is 0.161. The molecule has 0 bridgehead atoms. The highest BCUT2D eigenvalue weighted by Crippen LogP contribution is 2.30. The second-order valence-electron chi connectivity index (χ2n) is 12.2. The summed E-state index contributed by atoms with van der Waals surface area (Å²) < 4.78 is 49.9. The Kier molecular flexibility index (Phi) is 12.4. The lowest BCUT2D eigenvalue weighted by Gasteiger charge is -2.33. The Morgan fingerprint density at radius 2 is 1.77 bits per heavy atom. The van der Waals surface area contributed by atoms with Crippen LogP contribution in [0.2, 0.25) is 5.02 Å². The van der Waals surface area contributed by atoms with Gasteiger partial charge < -0.3 is 30.0 Å². The van der Waals surface area contributed by atoms with Gasteiger partial charge in [0, 0.05) is 23.9 Å². The van der Waals surface area contributed by atoms with Crippen LogP contribution in [0.5, 0.6) is 0 Å². The number of ether oxygens (including phenoxy) is 4. The number of hydrogen-bond acceptors (Lipinski definition) is 10. The van der Waals surface area contributed by atoms with E-state index in [0.29, 0.717) is 36.6 Å². The number of esters is 2. The average molecular weight is 687 g/mol. The number of benzene rings is 3. The molecule has 1 aliphatic heterocycles. The predicted octanol–water partition coefficient (Wildman–Crippen LogP) is 6.06. The van der Waals surface area contributed by atoms with Gasteiger partial charge in [0.1, 0.15) is 17.7 Å². The number of nitrogen functional groups attached to an aromatic ring is 1. The summed E-state index contributed by atoms with van der Waals surface area (Å²) in [4.78, 5) is 25.9. The summed E-state index contributed by atoms with van der Waals surface area (Å²) in [5, 5.41) is 3.84. The van der Waals surface area contributed by atoms with Crippen LogP contribution >= 0.6 is 11.6 Å². The summed E-state index contributed by atoms with van der Waals surface area (Å²) in [6.07, 6.45) is 1.84. The molecule has 0 radical (unpaired) electrons. The molecule has 1 heterocycles. The summed E-state index contributed by atoms with van der Waals surface area (Å²) in [5.41, 5.74) is 6.82. The number of halogens is 1. The molecule has 3 N–H and O–H groups in total. The Morgan fingerprint density at radius 3 is 2.40 bits per heavy atom. The molecule has 0 saturated carbocycles. The van der Waals surface area contributed by atoms with Crippen LogP contribution in [0.3, 0.4) is 0 Å². The van der Waals surface area contributed by atoms with Crippen molar-refractivity contribution in [1.82, 2.24) is 5.32 Å². The van der Waals surface area contributed by atoms with Crippen molar-refractivity contribution in [2.75, 3.05) is 25.5 Å². The van der Waals surface area contributed by atoms with Crippen LogP contribution in [0.4, 0.5) is 5.69 Å². The normalized spacial score (nSPS) is 16.7. The highest BCUT2D eigenvalue weighted by atomic mass is 35.5. The fourth-order valence-corrected chi connectivity index (χ4v) is 6.61. The summed E-state index contributed by atoms with van der Waals surface area (Å²) in [6, 6.07) is 16.7. The average Bonchev–Trinajstić information content (AvgIpc) is 3.02. The zero-order valence-electron chi connectivity index (χ0n) is 27.2.